The number of amides is 1. The minimum absolute atomic E-state index is 0. The molecule has 1 amide bonds. The molecule has 0 spiro atoms. The zero-order chi connectivity index (χ0) is 13.2. The number of carbonyl (C=O) groups excluding carboxylic acids is 1. The SMILES string of the molecule is Cl.NC1CCN(C(=O)C2SCCc3ccccc32)CC1. The third-order valence-electron chi connectivity index (χ3n) is 4.07. The average molecular weight is 313 g/mol. The second-order valence-electron chi connectivity index (χ2n) is 5.36. The predicted molar refractivity (Wildman–Crippen MR) is 86.4 cm³/mol. The molecule has 3 nitrogen and oxygen atoms in total. The van der Waals surface area contributed by atoms with E-state index >= 15 is 0 Å². The summed E-state index contributed by atoms with van der Waals surface area (Å²) in [6.07, 6.45) is 2.95. The molecular formula is C15H21ClN2OS. The van der Waals surface area contributed by atoms with Gasteiger partial charge in [0.25, 0.3) is 0 Å². The number of halogens is 1. The third kappa shape index (κ3) is 3.13. The van der Waals surface area contributed by atoms with Crippen molar-refractivity contribution >= 4 is 30.1 Å². The Bertz CT molecular complexity index is 475. The fourth-order valence-electron chi connectivity index (χ4n) is 2.88. The number of fused-ring (bicyclic) bond motifs is 1. The second kappa shape index (κ2) is 6.83. The second-order valence-corrected chi connectivity index (χ2v) is 6.58. The van der Waals surface area contributed by atoms with Gasteiger partial charge in [0.05, 0.1) is 0 Å². The largest absolute Gasteiger partial charge is 0.341 e. The van der Waals surface area contributed by atoms with E-state index in [1.807, 2.05) is 11.0 Å². The normalized spacial score (nSPS) is 22.9. The topological polar surface area (TPSA) is 46.3 Å². The van der Waals surface area contributed by atoms with Crippen LogP contribution in [-0.2, 0) is 11.2 Å². The highest BCUT2D eigenvalue weighted by Crippen LogP contribution is 2.38. The molecule has 0 aromatic heterocycles. The van der Waals surface area contributed by atoms with Crippen LogP contribution in [0.5, 0.6) is 0 Å². The molecule has 0 bridgehead atoms. The quantitative estimate of drug-likeness (QED) is 0.866. The monoisotopic (exact) mass is 312 g/mol. The molecule has 2 aliphatic rings. The Balaban J connectivity index is 0.00000147. The molecule has 0 aliphatic carbocycles. The Morgan fingerprint density at radius 2 is 1.95 bits per heavy atom. The molecule has 1 atom stereocenters. The first kappa shape index (κ1) is 15.7. The first-order valence-corrected chi connectivity index (χ1v) is 8.04. The number of carbonyl (C=O) groups is 1. The summed E-state index contributed by atoms with van der Waals surface area (Å²) in [6, 6.07) is 8.64. The van der Waals surface area contributed by atoms with Gasteiger partial charge in [0.15, 0.2) is 0 Å². The van der Waals surface area contributed by atoms with E-state index in [-0.39, 0.29) is 29.6 Å². The zero-order valence-corrected chi connectivity index (χ0v) is 13.1. The van der Waals surface area contributed by atoms with Crippen molar-refractivity contribution in [1.82, 2.24) is 4.90 Å². The van der Waals surface area contributed by atoms with Crippen LogP contribution in [-0.4, -0.2) is 35.7 Å². The van der Waals surface area contributed by atoms with Crippen LogP contribution in [0.25, 0.3) is 0 Å². The highest BCUT2D eigenvalue weighted by Gasteiger charge is 2.31. The van der Waals surface area contributed by atoms with Crippen LogP contribution in [0.4, 0.5) is 0 Å². The molecule has 1 aromatic rings. The summed E-state index contributed by atoms with van der Waals surface area (Å²) in [5, 5.41) is -0.000672. The van der Waals surface area contributed by atoms with Gasteiger partial charge >= 0.3 is 0 Å². The smallest absolute Gasteiger partial charge is 0.240 e. The van der Waals surface area contributed by atoms with Crippen LogP contribution in [0.2, 0.25) is 0 Å². The van der Waals surface area contributed by atoms with E-state index in [1.165, 1.54) is 11.1 Å². The summed E-state index contributed by atoms with van der Waals surface area (Å²) in [4.78, 5) is 14.7. The standard InChI is InChI=1S/C15H20N2OS.ClH/c16-12-5-8-17(9-6-12)15(18)14-13-4-2-1-3-11(13)7-10-19-14;/h1-4,12,14H,5-10,16H2;1H. The summed E-state index contributed by atoms with van der Waals surface area (Å²) >= 11 is 1.79. The van der Waals surface area contributed by atoms with Gasteiger partial charge in [-0.05, 0) is 36.1 Å². The minimum Gasteiger partial charge on any atom is -0.341 e. The molecule has 1 fully saturated rings. The first-order chi connectivity index (χ1) is 9.25. The van der Waals surface area contributed by atoms with Crippen LogP contribution in [0.1, 0.15) is 29.2 Å². The molecule has 1 unspecified atom stereocenters. The maximum absolute atomic E-state index is 12.7. The summed E-state index contributed by atoms with van der Waals surface area (Å²) in [5.41, 5.74) is 8.47. The number of hydrogen-bond acceptors (Lipinski definition) is 3. The number of aryl methyl sites for hydroxylation is 1. The van der Waals surface area contributed by atoms with Crippen molar-refractivity contribution in [2.24, 2.45) is 5.73 Å². The Labute approximate surface area is 130 Å². The van der Waals surface area contributed by atoms with Crippen LogP contribution in [0, 0.1) is 0 Å². The lowest BCUT2D eigenvalue weighted by Crippen LogP contribution is -2.44. The predicted octanol–water partition coefficient (Wildman–Crippen LogP) is 2.39. The molecule has 2 aliphatic heterocycles. The van der Waals surface area contributed by atoms with Gasteiger partial charge in [0.1, 0.15) is 5.25 Å². The molecule has 20 heavy (non-hydrogen) atoms. The average Bonchev–Trinajstić information content (AvgIpc) is 2.47. The van der Waals surface area contributed by atoms with Crippen molar-refractivity contribution in [2.75, 3.05) is 18.8 Å². The van der Waals surface area contributed by atoms with Gasteiger partial charge in [-0.2, -0.15) is 0 Å². The lowest BCUT2D eigenvalue weighted by Gasteiger charge is -2.34. The summed E-state index contributed by atoms with van der Waals surface area (Å²) in [7, 11) is 0. The van der Waals surface area contributed by atoms with Crippen LogP contribution in [0.15, 0.2) is 24.3 Å². The number of likely N-dealkylation sites (tertiary alicyclic amines) is 1. The van der Waals surface area contributed by atoms with E-state index < -0.39 is 0 Å². The van der Waals surface area contributed by atoms with Gasteiger partial charge in [-0.1, -0.05) is 24.3 Å². The Kier molecular flexibility index (Phi) is 5.35. The Morgan fingerprint density at radius 1 is 1.25 bits per heavy atom. The Morgan fingerprint density at radius 3 is 2.70 bits per heavy atom. The van der Waals surface area contributed by atoms with E-state index in [1.54, 1.807) is 11.8 Å². The highest BCUT2D eigenvalue weighted by atomic mass is 35.5. The van der Waals surface area contributed by atoms with Gasteiger partial charge < -0.3 is 10.6 Å². The third-order valence-corrected chi connectivity index (χ3v) is 5.30. The molecule has 0 saturated carbocycles. The lowest BCUT2D eigenvalue weighted by atomic mass is 9.99. The van der Waals surface area contributed by atoms with Crippen molar-refractivity contribution in [3.8, 4) is 0 Å². The molecule has 3 rings (SSSR count). The maximum atomic E-state index is 12.7. The van der Waals surface area contributed by atoms with E-state index in [9.17, 15) is 4.79 Å². The van der Waals surface area contributed by atoms with Crippen molar-refractivity contribution in [1.29, 1.82) is 0 Å². The molecule has 0 radical (unpaired) electrons. The van der Waals surface area contributed by atoms with Crippen molar-refractivity contribution < 1.29 is 4.79 Å². The summed E-state index contributed by atoms with van der Waals surface area (Å²) in [6.45, 7) is 1.64. The summed E-state index contributed by atoms with van der Waals surface area (Å²) in [5.74, 6) is 1.32. The molecule has 1 saturated heterocycles. The number of thioether (sulfide) groups is 1. The van der Waals surface area contributed by atoms with E-state index in [0.29, 0.717) is 0 Å². The zero-order valence-electron chi connectivity index (χ0n) is 11.5. The van der Waals surface area contributed by atoms with E-state index in [0.717, 1.165) is 38.1 Å². The molecule has 5 heteroatoms. The van der Waals surface area contributed by atoms with Crippen LogP contribution in [0.3, 0.4) is 0 Å². The van der Waals surface area contributed by atoms with E-state index in [4.69, 9.17) is 5.73 Å². The van der Waals surface area contributed by atoms with Crippen molar-refractivity contribution in [3.63, 3.8) is 0 Å². The number of nitrogens with zero attached hydrogens (tertiary/aromatic N) is 1. The van der Waals surface area contributed by atoms with Crippen LogP contribution >= 0.6 is 24.2 Å². The van der Waals surface area contributed by atoms with E-state index in [2.05, 4.69) is 18.2 Å². The highest BCUT2D eigenvalue weighted by molar-refractivity contribution is 8.00. The number of nitrogens with two attached hydrogens (primary N) is 1. The number of rotatable bonds is 1. The van der Waals surface area contributed by atoms with Gasteiger partial charge in [0, 0.05) is 19.1 Å². The Hall–Kier alpha value is -0.710. The minimum atomic E-state index is -0.000672. The van der Waals surface area contributed by atoms with Gasteiger partial charge in [-0.15, -0.1) is 24.2 Å². The number of hydrogen-bond donors (Lipinski definition) is 1. The first-order valence-electron chi connectivity index (χ1n) is 6.99. The molecule has 2 N–H and O–H groups in total. The van der Waals surface area contributed by atoms with Crippen LogP contribution < -0.4 is 5.73 Å². The fourth-order valence-corrected chi connectivity index (χ4v) is 4.16. The van der Waals surface area contributed by atoms with Gasteiger partial charge in [-0.3, -0.25) is 4.79 Å². The van der Waals surface area contributed by atoms with Gasteiger partial charge in [0.2, 0.25) is 5.91 Å². The van der Waals surface area contributed by atoms with Crippen molar-refractivity contribution in [2.45, 2.75) is 30.6 Å². The maximum Gasteiger partial charge on any atom is 0.240 e. The number of benzene rings is 1. The van der Waals surface area contributed by atoms with Crippen molar-refractivity contribution in [3.05, 3.63) is 35.4 Å². The molecule has 1 aromatic carbocycles. The molecule has 110 valence electrons. The molecular weight excluding hydrogens is 292 g/mol. The molecule has 2 heterocycles. The number of piperidine rings is 1. The van der Waals surface area contributed by atoms with Gasteiger partial charge in [-0.25, -0.2) is 0 Å². The summed E-state index contributed by atoms with van der Waals surface area (Å²) < 4.78 is 0. The lowest BCUT2D eigenvalue weighted by molar-refractivity contribution is -0.131. The fraction of sp³-hybridized carbons (Fsp3) is 0.533.